The molecule has 8 rings (SSSR count). The maximum Gasteiger partial charge on any atom is 0.164 e. The van der Waals surface area contributed by atoms with Crippen LogP contribution in [-0.2, 0) is 5.41 Å². The van der Waals surface area contributed by atoms with Crippen LogP contribution in [0.3, 0.4) is 0 Å². The molecule has 3 heteroatoms. The summed E-state index contributed by atoms with van der Waals surface area (Å²) >= 11 is 0. The molecule has 0 aliphatic heterocycles. The molecule has 0 atom stereocenters. The first kappa shape index (κ1) is 22.6. The van der Waals surface area contributed by atoms with Crippen molar-refractivity contribution < 1.29 is 5.48 Å². The molecule has 44 heavy (non-hydrogen) atoms. The fourth-order valence-corrected chi connectivity index (χ4v) is 6.46. The summed E-state index contributed by atoms with van der Waals surface area (Å²) in [7, 11) is 0. The Morgan fingerprint density at radius 1 is 0.477 bits per heavy atom. The van der Waals surface area contributed by atoms with Gasteiger partial charge in [-0.25, -0.2) is 15.0 Å². The Balaban J connectivity index is 1.32. The highest BCUT2D eigenvalue weighted by Gasteiger charge is 2.46. The molecule has 0 radical (unpaired) electrons. The second-order valence-corrected chi connectivity index (χ2v) is 12.5. The number of fused-ring (bicyclic) bond motifs is 5. The van der Waals surface area contributed by atoms with E-state index in [2.05, 4.69) is 24.3 Å². The van der Waals surface area contributed by atoms with E-state index in [1.807, 2.05) is 117 Å². The van der Waals surface area contributed by atoms with E-state index in [0.717, 1.165) is 33.4 Å². The van der Waals surface area contributed by atoms with Crippen molar-refractivity contribution in [3.8, 4) is 56.4 Å². The maximum absolute atomic E-state index is 9.58. The standard InChI is InChI=1S/C41H35N3/c1-40(2)23-25-41(26-24-40)35-16-10-9-15-33(35)34-22-21-32(27-36(34)41)39-43-37(30-13-7-4-8-14-30)42-38(44-39)31-19-17-29(18-20-31)28-11-5-3-6-12-28/h3-22,27H,23-26H2,1-2H3/i25D2,26D2. The summed E-state index contributed by atoms with van der Waals surface area (Å²) in [6.07, 6.45) is -3.24. The molecule has 1 aromatic heterocycles. The molecule has 0 bridgehead atoms. The van der Waals surface area contributed by atoms with Crippen LogP contribution in [0.25, 0.3) is 56.4 Å². The van der Waals surface area contributed by atoms with E-state index >= 15 is 0 Å². The molecule has 5 aromatic carbocycles. The minimum absolute atomic E-state index is 0.241. The van der Waals surface area contributed by atoms with Gasteiger partial charge in [-0.2, -0.15) is 0 Å². The Hall–Kier alpha value is -4.89. The molecule has 1 saturated carbocycles. The van der Waals surface area contributed by atoms with Crippen LogP contribution in [0, 0.1) is 5.41 Å². The average molecular weight is 574 g/mol. The fourth-order valence-electron chi connectivity index (χ4n) is 6.46. The average Bonchev–Trinajstić information content (AvgIpc) is 3.39. The monoisotopic (exact) mass is 573 g/mol. The highest BCUT2D eigenvalue weighted by molar-refractivity contribution is 5.83. The van der Waals surface area contributed by atoms with E-state index in [-0.39, 0.29) is 12.8 Å². The molecule has 1 spiro atoms. The van der Waals surface area contributed by atoms with Crippen molar-refractivity contribution in [1.82, 2.24) is 15.0 Å². The molecular weight excluding hydrogens is 534 g/mol. The minimum Gasteiger partial charge on any atom is -0.208 e. The molecule has 2 aliphatic carbocycles. The zero-order chi connectivity index (χ0) is 33.3. The van der Waals surface area contributed by atoms with Gasteiger partial charge < -0.3 is 0 Å². The summed E-state index contributed by atoms with van der Waals surface area (Å²) in [6.45, 7) is 3.94. The number of rotatable bonds is 4. The van der Waals surface area contributed by atoms with Crippen LogP contribution >= 0.6 is 0 Å². The molecule has 1 heterocycles. The third kappa shape index (κ3) is 4.55. The zero-order valence-electron chi connectivity index (χ0n) is 28.9. The van der Waals surface area contributed by atoms with E-state index < -0.39 is 23.6 Å². The lowest BCUT2D eigenvalue weighted by molar-refractivity contribution is 0.188. The van der Waals surface area contributed by atoms with Gasteiger partial charge >= 0.3 is 0 Å². The second-order valence-electron chi connectivity index (χ2n) is 12.5. The predicted octanol–water partition coefficient (Wildman–Crippen LogP) is 10.4. The van der Waals surface area contributed by atoms with Crippen LogP contribution < -0.4 is 0 Å². The lowest BCUT2D eigenvalue weighted by atomic mass is 9.61. The number of hydrogen-bond acceptors (Lipinski definition) is 3. The number of hydrogen-bond donors (Lipinski definition) is 0. The quantitative estimate of drug-likeness (QED) is 0.211. The number of aromatic nitrogens is 3. The zero-order valence-corrected chi connectivity index (χ0v) is 24.9. The number of nitrogens with zero attached hydrogens (tertiary/aromatic N) is 3. The Bertz CT molecular complexity index is 2140. The van der Waals surface area contributed by atoms with Gasteiger partial charge in [0.2, 0.25) is 0 Å². The minimum atomic E-state index is -1.86. The molecule has 1 fully saturated rings. The molecule has 0 amide bonds. The smallest absolute Gasteiger partial charge is 0.164 e. The lowest BCUT2D eigenvalue weighted by Gasteiger charge is -2.43. The van der Waals surface area contributed by atoms with Crippen molar-refractivity contribution in [2.24, 2.45) is 5.41 Å². The largest absolute Gasteiger partial charge is 0.208 e. The summed E-state index contributed by atoms with van der Waals surface area (Å²) in [5, 5.41) is 0. The summed E-state index contributed by atoms with van der Waals surface area (Å²) < 4.78 is 38.3. The molecule has 3 nitrogen and oxygen atoms in total. The number of benzene rings is 5. The molecule has 2 aliphatic rings. The third-order valence-corrected chi connectivity index (χ3v) is 8.88. The van der Waals surface area contributed by atoms with Gasteiger partial charge in [0.15, 0.2) is 17.5 Å². The van der Waals surface area contributed by atoms with Crippen molar-refractivity contribution in [2.75, 3.05) is 0 Å². The van der Waals surface area contributed by atoms with Crippen LogP contribution in [0.15, 0.2) is 127 Å². The highest BCUT2D eigenvalue weighted by atomic mass is 15.0. The molecule has 0 unspecified atom stereocenters. The van der Waals surface area contributed by atoms with E-state index in [1.165, 1.54) is 0 Å². The van der Waals surface area contributed by atoms with Gasteiger partial charge in [0.1, 0.15) is 0 Å². The van der Waals surface area contributed by atoms with E-state index in [1.54, 1.807) is 0 Å². The van der Waals surface area contributed by atoms with E-state index in [9.17, 15) is 5.48 Å². The lowest BCUT2D eigenvalue weighted by Crippen LogP contribution is -2.34. The molecule has 6 aromatic rings. The first-order valence-corrected chi connectivity index (χ1v) is 15.2. The van der Waals surface area contributed by atoms with E-state index in [4.69, 9.17) is 15.0 Å². The van der Waals surface area contributed by atoms with Crippen molar-refractivity contribution >= 4 is 0 Å². The SMILES string of the molecule is [2H]C1([2H])CC(C)(C)CC([2H])([2H])C12c1ccccc1-c1ccc(-c3nc(-c4ccccc4)nc(-c4ccc(-c5ccccc5)cc4)n3)cc12. The van der Waals surface area contributed by atoms with Gasteiger partial charge in [-0.15, -0.1) is 0 Å². The maximum atomic E-state index is 9.58. The van der Waals surface area contributed by atoms with Crippen LogP contribution in [0.4, 0.5) is 0 Å². The predicted molar refractivity (Wildman–Crippen MR) is 180 cm³/mol. The topological polar surface area (TPSA) is 38.7 Å². The van der Waals surface area contributed by atoms with Crippen LogP contribution in [0.2, 0.25) is 0 Å². The second kappa shape index (κ2) is 10.4. The van der Waals surface area contributed by atoms with Gasteiger partial charge in [-0.05, 0) is 70.4 Å². The van der Waals surface area contributed by atoms with Crippen molar-refractivity contribution in [1.29, 1.82) is 0 Å². The fraction of sp³-hybridized carbons (Fsp3) is 0.195. The first-order chi connectivity index (χ1) is 23.0. The van der Waals surface area contributed by atoms with Gasteiger partial charge in [0, 0.05) is 27.6 Å². The summed E-state index contributed by atoms with van der Waals surface area (Å²) in [5.74, 6) is 1.52. The Labute approximate surface area is 265 Å². The molecule has 0 N–H and O–H groups in total. The van der Waals surface area contributed by atoms with Crippen LogP contribution in [-0.4, -0.2) is 15.0 Å². The molecular formula is C41H35N3. The van der Waals surface area contributed by atoms with Crippen LogP contribution in [0.1, 0.15) is 56.0 Å². The highest BCUT2D eigenvalue weighted by Crippen LogP contribution is 2.58. The van der Waals surface area contributed by atoms with Crippen LogP contribution in [0.5, 0.6) is 0 Å². The van der Waals surface area contributed by atoms with Crippen molar-refractivity contribution in [3.63, 3.8) is 0 Å². The van der Waals surface area contributed by atoms with Gasteiger partial charge in [-0.1, -0.05) is 135 Å². The first-order valence-electron chi connectivity index (χ1n) is 17.2. The third-order valence-electron chi connectivity index (χ3n) is 8.88. The van der Waals surface area contributed by atoms with Gasteiger partial charge in [-0.3, -0.25) is 0 Å². The van der Waals surface area contributed by atoms with Crippen molar-refractivity contribution in [2.45, 2.75) is 44.8 Å². The molecule has 0 saturated heterocycles. The summed E-state index contributed by atoms with van der Waals surface area (Å²) in [6, 6.07) is 41.9. The Morgan fingerprint density at radius 3 is 1.59 bits per heavy atom. The Kier molecular flexibility index (Phi) is 5.34. The van der Waals surface area contributed by atoms with Gasteiger partial charge in [0.25, 0.3) is 0 Å². The summed E-state index contributed by atoms with van der Waals surface area (Å²) in [5.41, 5.74) is 5.73. The van der Waals surface area contributed by atoms with Gasteiger partial charge in [0.05, 0.1) is 0 Å². The van der Waals surface area contributed by atoms with Crippen molar-refractivity contribution in [3.05, 3.63) is 139 Å². The van der Waals surface area contributed by atoms with E-state index in [0.29, 0.717) is 34.2 Å². The summed E-state index contributed by atoms with van der Waals surface area (Å²) in [4.78, 5) is 14.9. The molecule has 214 valence electrons. The Morgan fingerprint density at radius 2 is 0.932 bits per heavy atom. The normalized spacial score (nSPS) is 19.6.